The summed E-state index contributed by atoms with van der Waals surface area (Å²) in [7, 11) is 0. The lowest BCUT2D eigenvalue weighted by molar-refractivity contribution is -0.0167. The summed E-state index contributed by atoms with van der Waals surface area (Å²) in [5.41, 5.74) is 0. The Bertz CT molecular complexity index is 400. The molecule has 0 fully saturated rings. The van der Waals surface area contributed by atoms with Gasteiger partial charge < -0.3 is 18.9 Å². The van der Waals surface area contributed by atoms with Crippen molar-refractivity contribution >= 4 is 69.1 Å². The summed E-state index contributed by atoms with van der Waals surface area (Å²) in [6, 6.07) is 0. The van der Waals surface area contributed by atoms with Gasteiger partial charge in [-0.25, -0.2) is 0 Å². The van der Waals surface area contributed by atoms with E-state index in [1.54, 1.807) is 0 Å². The zero-order valence-electron chi connectivity index (χ0n) is 14.7. The minimum atomic E-state index is -0.480. The van der Waals surface area contributed by atoms with Gasteiger partial charge in [-0.05, 0) is 48.9 Å². The first-order valence-electron chi connectivity index (χ1n) is 8.07. The zero-order chi connectivity index (χ0) is 18.5. The van der Waals surface area contributed by atoms with E-state index in [1.165, 1.54) is 0 Å². The zero-order valence-corrected chi connectivity index (χ0v) is 17.9. The van der Waals surface area contributed by atoms with E-state index in [1.807, 2.05) is 27.7 Å². The molecule has 0 bridgehead atoms. The smallest absolute Gasteiger partial charge is 0.173 e. The molecule has 0 amide bonds. The molecule has 0 saturated carbocycles. The number of hydrogen-bond acceptors (Lipinski definition) is 8. The van der Waals surface area contributed by atoms with E-state index in [2.05, 4.69) is 0 Å². The van der Waals surface area contributed by atoms with Crippen LogP contribution in [0.4, 0.5) is 0 Å². The van der Waals surface area contributed by atoms with Gasteiger partial charge in [0.05, 0.1) is 0 Å². The Kier molecular flexibility index (Phi) is 13.6. The SMILES string of the molecule is CCC(=S)OC[C@H](OC(=S)CC)[C@@H](COC(=S)CC)OC(=S)CC. The van der Waals surface area contributed by atoms with E-state index in [9.17, 15) is 0 Å². The van der Waals surface area contributed by atoms with Crippen molar-refractivity contribution in [3.63, 3.8) is 0 Å². The summed E-state index contributed by atoms with van der Waals surface area (Å²) < 4.78 is 22.7. The van der Waals surface area contributed by atoms with Gasteiger partial charge in [-0.15, -0.1) is 0 Å². The summed E-state index contributed by atoms with van der Waals surface area (Å²) >= 11 is 20.6. The fraction of sp³-hybridized carbons (Fsp3) is 0.750. The molecule has 0 aromatic heterocycles. The third-order valence-electron chi connectivity index (χ3n) is 2.95. The van der Waals surface area contributed by atoms with E-state index in [4.69, 9.17) is 67.8 Å². The topological polar surface area (TPSA) is 36.9 Å². The van der Waals surface area contributed by atoms with Crippen LogP contribution >= 0.6 is 48.9 Å². The van der Waals surface area contributed by atoms with Crippen LogP contribution in [0.3, 0.4) is 0 Å². The maximum atomic E-state index is 5.81. The predicted molar refractivity (Wildman–Crippen MR) is 113 cm³/mol. The van der Waals surface area contributed by atoms with Crippen LogP contribution in [0.25, 0.3) is 0 Å². The molecule has 24 heavy (non-hydrogen) atoms. The van der Waals surface area contributed by atoms with Crippen LogP contribution < -0.4 is 0 Å². The molecule has 0 saturated heterocycles. The Morgan fingerprint density at radius 1 is 0.583 bits per heavy atom. The number of thiocarbonyl (C=S) groups is 4. The van der Waals surface area contributed by atoms with Gasteiger partial charge in [0.2, 0.25) is 0 Å². The summed E-state index contributed by atoms with van der Waals surface area (Å²) in [5.74, 6) is 0. The molecule has 0 aliphatic carbocycles. The first-order valence-corrected chi connectivity index (χ1v) is 9.71. The molecule has 0 radical (unpaired) electrons. The van der Waals surface area contributed by atoms with E-state index in [0.717, 1.165) is 0 Å². The molecule has 0 rings (SSSR count). The number of ether oxygens (including phenoxy) is 4. The van der Waals surface area contributed by atoms with Gasteiger partial charge in [0.15, 0.2) is 32.4 Å². The second-order valence-electron chi connectivity index (χ2n) is 4.84. The molecular weight excluding hydrogens is 384 g/mol. The van der Waals surface area contributed by atoms with Crippen molar-refractivity contribution in [2.75, 3.05) is 13.2 Å². The van der Waals surface area contributed by atoms with E-state index < -0.39 is 12.2 Å². The van der Waals surface area contributed by atoms with Gasteiger partial charge in [-0.1, -0.05) is 27.7 Å². The van der Waals surface area contributed by atoms with Crippen LogP contribution in [-0.2, 0) is 18.9 Å². The minimum Gasteiger partial charge on any atom is -0.483 e. The first-order chi connectivity index (χ1) is 11.4. The molecule has 0 aliphatic rings. The lowest BCUT2D eigenvalue weighted by Gasteiger charge is -2.28. The Hall–Kier alpha value is -0.440. The molecule has 0 heterocycles. The van der Waals surface area contributed by atoms with Gasteiger partial charge in [0.1, 0.15) is 13.2 Å². The van der Waals surface area contributed by atoms with E-state index in [-0.39, 0.29) is 13.2 Å². The Morgan fingerprint density at radius 2 is 0.875 bits per heavy atom. The molecule has 0 N–H and O–H groups in total. The molecule has 0 spiro atoms. The number of rotatable bonds is 11. The molecule has 0 aromatic rings. The van der Waals surface area contributed by atoms with Gasteiger partial charge in [-0.3, -0.25) is 0 Å². The third-order valence-corrected chi connectivity index (χ3v) is 4.54. The van der Waals surface area contributed by atoms with Crippen molar-refractivity contribution in [2.45, 2.75) is 65.6 Å². The van der Waals surface area contributed by atoms with Crippen molar-refractivity contribution in [2.24, 2.45) is 0 Å². The van der Waals surface area contributed by atoms with Crippen molar-refractivity contribution in [3.8, 4) is 0 Å². The van der Waals surface area contributed by atoms with E-state index in [0.29, 0.717) is 45.9 Å². The molecule has 138 valence electrons. The summed E-state index contributed by atoms with van der Waals surface area (Å²) in [6.45, 7) is 8.13. The first kappa shape index (κ1) is 23.6. The van der Waals surface area contributed by atoms with Gasteiger partial charge in [-0.2, -0.15) is 0 Å². The predicted octanol–water partition coefficient (Wildman–Crippen LogP) is 4.74. The maximum Gasteiger partial charge on any atom is 0.173 e. The van der Waals surface area contributed by atoms with E-state index >= 15 is 0 Å². The van der Waals surface area contributed by atoms with Crippen LogP contribution in [0.2, 0.25) is 0 Å². The van der Waals surface area contributed by atoms with Gasteiger partial charge in [0, 0.05) is 25.7 Å². The Labute approximate surface area is 166 Å². The lowest BCUT2D eigenvalue weighted by atomic mass is 10.2. The molecule has 0 aromatic carbocycles. The molecule has 8 heteroatoms. The van der Waals surface area contributed by atoms with Gasteiger partial charge in [0.25, 0.3) is 0 Å². The summed E-state index contributed by atoms with van der Waals surface area (Å²) in [6.07, 6.45) is 1.56. The Balaban J connectivity index is 5.09. The number of hydrogen-bond donors (Lipinski definition) is 0. The molecule has 2 atom stereocenters. The van der Waals surface area contributed by atoms with Crippen molar-refractivity contribution in [1.82, 2.24) is 0 Å². The average Bonchev–Trinajstić information content (AvgIpc) is 2.60. The second kappa shape index (κ2) is 13.8. The average molecular weight is 411 g/mol. The van der Waals surface area contributed by atoms with Crippen molar-refractivity contribution in [3.05, 3.63) is 0 Å². The standard InChI is InChI=1S/C16H26O4S4/c1-5-13(21)17-9-11(19-15(23)7-3)12(20-16(24)8-4)10-18-14(22)6-2/h11-12H,5-10H2,1-4H3/t11-,12+. The van der Waals surface area contributed by atoms with Crippen molar-refractivity contribution in [1.29, 1.82) is 0 Å². The minimum absolute atomic E-state index is 0.214. The highest BCUT2D eigenvalue weighted by Crippen LogP contribution is 2.12. The summed E-state index contributed by atoms with van der Waals surface area (Å²) in [4.78, 5) is 0. The lowest BCUT2D eigenvalue weighted by Crippen LogP contribution is -2.41. The van der Waals surface area contributed by atoms with Crippen molar-refractivity contribution < 1.29 is 18.9 Å². The molecule has 0 unspecified atom stereocenters. The second-order valence-corrected chi connectivity index (χ2v) is 6.66. The fourth-order valence-electron chi connectivity index (χ4n) is 1.49. The van der Waals surface area contributed by atoms with Crippen LogP contribution in [0.5, 0.6) is 0 Å². The molecular formula is C16H26O4S4. The normalized spacial score (nSPS) is 12.7. The molecule has 0 aliphatic heterocycles. The Morgan fingerprint density at radius 3 is 1.12 bits per heavy atom. The summed E-state index contributed by atoms with van der Waals surface area (Å²) in [5, 5.41) is 1.96. The largest absolute Gasteiger partial charge is 0.483 e. The van der Waals surface area contributed by atoms with Crippen LogP contribution in [0.15, 0.2) is 0 Å². The highest BCUT2D eigenvalue weighted by molar-refractivity contribution is 7.80. The van der Waals surface area contributed by atoms with Crippen LogP contribution in [0, 0.1) is 0 Å². The van der Waals surface area contributed by atoms with Gasteiger partial charge >= 0.3 is 0 Å². The highest BCUT2D eigenvalue weighted by Gasteiger charge is 2.29. The fourth-order valence-corrected chi connectivity index (χ4v) is 1.88. The monoisotopic (exact) mass is 410 g/mol. The van der Waals surface area contributed by atoms with Crippen LogP contribution in [-0.4, -0.2) is 45.6 Å². The molecule has 4 nitrogen and oxygen atoms in total. The van der Waals surface area contributed by atoms with Crippen LogP contribution in [0.1, 0.15) is 53.4 Å². The maximum absolute atomic E-state index is 5.81. The third kappa shape index (κ3) is 10.4. The highest BCUT2D eigenvalue weighted by atomic mass is 32.1. The quantitative estimate of drug-likeness (QED) is 0.452.